The third kappa shape index (κ3) is 2.47. The average molecular weight is 211 g/mol. The fourth-order valence-electron chi connectivity index (χ4n) is 1.12. The first-order valence-corrected chi connectivity index (χ1v) is 4.01. The Morgan fingerprint density at radius 1 is 1.21 bits per heavy atom. The summed E-state index contributed by atoms with van der Waals surface area (Å²) in [6.45, 7) is 0.736. The first-order chi connectivity index (χ1) is 6.34. The molecule has 74 valence electrons. The molecule has 5 heteroatoms. The summed E-state index contributed by atoms with van der Waals surface area (Å²) in [5.74, 6) is 0. The van der Waals surface area contributed by atoms with E-state index >= 15 is 0 Å². The Hall–Kier alpha value is -1.55. The molecule has 1 heterocycles. The highest BCUT2D eigenvalue weighted by atomic mass is 35.5. The first-order valence-electron chi connectivity index (χ1n) is 4.01. The Bertz CT molecular complexity index is 368. The maximum atomic E-state index is 5.57. The molecule has 0 unspecified atom stereocenters. The standard InChI is InChI=1S/C9H10N4.ClH/c10-9-3-1-8(2-4-9)5-13-7-11-6-12-13;/h1-4,6-7H,5,10H2;1H. The van der Waals surface area contributed by atoms with Crippen molar-refractivity contribution in [1.29, 1.82) is 0 Å². The van der Waals surface area contributed by atoms with Crippen molar-refractivity contribution in [2.24, 2.45) is 0 Å². The first kappa shape index (κ1) is 10.5. The van der Waals surface area contributed by atoms with Gasteiger partial charge in [0.2, 0.25) is 0 Å². The van der Waals surface area contributed by atoms with Crippen LogP contribution in [0.3, 0.4) is 0 Å². The summed E-state index contributed by atoms with van der Waals surface area (Å²) >= 11 is 0. The van der Waals surface area contributed by atoms with Gasteiger partial charge in [-0.2, -0.15) is 5.10 Å². The fraction of sp³-hybridized carbons (Fsp3) is 0.111. The lowest BCUT2D eigenvalue weighted by Gasteiger charge is -2.00. The minimum atomic E-state index is 0. The van der Waals surface area contributed by atoms with Crippen LogP contribution in [0.2, 0.25) is 0 Å². The van der Waals surface area contributed by atoms with Crippen molar-refractivity contribution in [1.82, 2.24) is 14.8 Å². The molecule has 1 aromatic carbocycles. The third-order valence-corrected chi connectivity index (χ3v) is 1.79. The summed E-state index contributed by atoms with van der Waals surface area (Å²) in [6.07, 6.45) is 3.22. The highest BCUT2D eigenvalue weighted by molar-refractivity contribution is 5.85. The Morgan fingerprint density at radius 2 is 1.93 bits per heavy atom. The Labute approximate surface area is 88.2 Å². The van der Waals surface area contributed by atoms with Gasteiger partial charge in [-0.05, 0) is 17.7 Å². The lowest BCUT2D eigenvalue weighted by Crippen LogP contribution is -1.99. The van der Waals surface area contributed by atoms with Crippen LogP contribution >= 0.6 is 12.4 Å². The number of benzene rings is 1. The quantitative estimate of drug-likeness (QED) is 0.761. The molecule has 0 bridgehead atoms. The largest absolute Gasteiger partial charge is 0.399 e. The summed E-state index contributed by atoms with van der Waals surface area (Å²) in [4.78, 5) is 3.86. The van der Waals surface area contributed by atoms with Gasteiger partial charge in [0.1, 0.15) is 12.7 Å². The van der Waals surface area contributed by atoms with E-state index in [4.69, 9.17) is 5.73 Å². The van der Waals surface area contributed by atoms with Gasteiger partial charge in [-0.25, -0.2) is 9.67 Å². The number of hydrogen-bond donors (Lipinski definition) is 1. The van der Waals surface area contributed by atoms with Crippen molar-refractivity contribution in [3.05, 3.63) is 42.5 Å². The minimum Gasteiger partial charge on any atom is -0.399 e. The van der Waals surface area contributed by atoms with E-state index in [1.165, 1.54) is 11.9 Å². The molecule has 14 heavy (non-hydrogen) atoms. The predicted octanol–water partition coefficient (Wildman–Crippen LogP) is 1.33. The normalized spacial score (nSPS) is 9.43. The van der Waals surface area contributed by atoms with Crippen LogP contribution in [0.5, 0.6) is 0 Å². The number of aromatic nitrogens is 3. The molecule has 4 nitrogen and oxygen atoms in total. The summed E-state index contributed by atoms with van der Waals surface area (Å²) in [6, 6.07) is 7.73. The number of hydrogen-bond acceptors (Lipinski definition) is 3. The predicted molar refractivity (Wildman–Crippen MR) is 57.2 cm³/mol. The van der Waals surface area contributed by atoms with E-state index in [-0.39, 0.29) is 12.4 Å². The lowest BCUT2D eigenvalue weighted by molar-refractivity contribution is 0.685. The number of nitrogens with two attached hydrogens (primary N) is 1. The van der Waals surface area contributed by atoms with Crippen molar-refractivity contribution < 1.29 is 0 Å². The smallest absolute Gasteiger partial charge is 0.137 e. The van der Waals surface area contributed by atoms with Gasteiger partial charge in [0, 0.05) is 5.69 Å². The van der Waals surface area contributed by atoms with Crippen LogP contribution in [0.1, 0.15) is 5.56 Å². The molecule has 1 aromatic heterocycles. The van der Waals surface area contributed by atoms with Crippen molar-refractivity contribution in [2.45, 2.75) is 6.54 Å². The van der Waals surface area contributed by atoms with Gasteiger partial charge in [0.05, 0.1) is 6.54 Å². The molecule has 2 N–H and O–H groups in total. The van der Waals surface area contributed by atoms with Crippen LogP contribution < -0.4 is 5.73 Å². The summed E-state index contributed by atoms with van der Waals surface area (Å²) in [7, 11) is 0. The van der Waals surface area contributed by atoms with E-state index in [9.17, 15) is 0 Å². The summed E-state index contributed by atoms with van der Waals surface area (Å²) < 4.78 is 1.77. The zero-order valence-corrected chi connectivity index (χ0v) is 8.31. The van der Waals surface area contributed by atoms with E-state index in [2.05, 4.69) is 10.1 Å². The van der Waals surface area contributed by atoms with Crippen molar-refractivity contribution in [2.75, 3.05) is 5.73 Å². The number of anilines is 1. The van der Waals surface area contributed by atoms with Crippen LogP contribution in [-0.2, 0) is 6.54 Å². The summed E-state index contributed by atoms with van der Waals surface area (Å²) in [5, 5.41) is 4.01. The molecule has 0 spiro atoms. The molecular weight excluding hydrogens is 200 g/mol. The number of rotatable bonds is 2. The van der Waals surface area contributed by atoms with E-state index in [1.54, 1.807) is 11.0 Å². The Morgan fingerprint density at radius 3 is 2.50 bits per heavy atom. The Balaban J connectivity index is 0.000000980. The second kappa shape index (κ2) is 4.62. The lowest BCUT2D eigenvalue weighted by atomic mass is 10.2. The molecule has 0 fully saturated rings. The van der Waals surface area contributed by atoms with Crippen LogP contribution in [0.15, 0.2) is 36.9 Å². The average Bonchev–Trinajstić information content (AvgIpc) is 2.62. The minimum absolute atomic E-state index is 0. The van der Waals surface area contributed by atoms with Crippen LogP contribution in [0, 0.1) is 0 Å². The number of nitrogens with zero attached hydrogens (tertiary/aromatic N) is 3. The van der Waals surface area contributed by atoms with E-state index in [0.717, 1.165) is 12.2 Å². The Kier molecular flexibility index (Phi) is 3.48. The highest BCUT2D eigenvalue weighted by Crippen LogP contribution is 2.06. The van der Waals surface area contributed by atoms with Crippen molar-refractivity contribution in [3.63, 3.8) is 0 Å². The SMILES string of the molecule is Cl.Nc1ccc(Cn2cncn2)cc1. The van der Waals surface area contributed by atoms with Gasteiger partial charge in [-0.3, -0.25) is 0 Å². The third-order valence-electron chi connectivity index (χ3n) is 1.79. The monoisotopic (exact) mass is 210 g/mol. The molecular formula is C9H11ClN4. The fourth-order valence-corrected chi connectivity index (χ4v) is 1.12. The van der Waals surface area contributed by atoms with Crippen LogP contribution in [0.25, 0.3) is 0 Å². The molecule has 0 saturated carbocycles. The van der Waals surface area contributed by atoms with Crippen LogP contribution in [0.4, 0.5) is 5.69 Å². The summed E-state index contributed by atoms with van der Waals surface area (Å²) in [5.41, 5.74) is 7.51. The van der Waals surface area contributed by atoms with Crippen molar-refractivity contribution in [3.8, 4) is 0 Å². The van der Waals surface area contributed by atoms with E-state index in [0.29, 0.717) is 0 Å². The van der Waals surface area contributed by atoms with Gasteiger partial charge in [-0.15, -0.1) is 12.4 Å². The molecule has 0 aliphatic rings. The molecule has 2 aromatic rings. The van der Waals surface area contributed by atoms with Gasteiger partial charge in [0.25, 0.3) is 0 Å². The van der Waals surface area contributed by atoms with Gasteiger partial charge >= 0.3 is 0 Å². The molecule has 0 aliphatic heterocycles. The second-order valence-corrected chi connectivity index (χ2v) is 2.83. The molecule has 0 saturated heterocycles. The maximum Gasteiger partial charge on any atom is 0.137 e. The highest BCUT2D eigenvalue weighted by Gasteiger charge is 1.94. The number of nitrogen functional groups attached to an aromatic ring is 1. The zero-order chi connectivity index (χ0) is 9.10. The molecule has 2 rings (SSSR count). The zero-order valence-electron chi connectivity index (χ0n) is 7.50. The molecule has 0 aliphatic carbocycles. The van der Waals surface area contributed by atoms with Gasteiger partial charge < -0.3 is 5.73 Å². The molecule has 0 atom stereocenters. The topological polar surface area (TPSA) is 56.7 Å². The van der Waals surface area contributed by atoms with Gasteiger partial charge in [-0.1, -0.05) is 12.1 Å². The van der Waals surface area contributed by atoms with Crippen LogP contribution in [-0.4, -0.2) is 14.8 Å². The second-order valence-electron chi connectivity index (χ2n) is 2.83. The number of halogens is 1. The van der Waals surface area contributed by atoms with Crippen molar-refractivity contribution >= 4 is 18.1 Å². The molecule has 0 radical (unpaired) electrons. The van der Waals surface area contributed by atoms with E-state index < -0.39 is 0 Å². The van der Waals surface area contributed by atoms with E-state index in [1.807, 2.05) is 24.3 Å². The molecule has 0 amide bonds. The van der Waals surface area contributed by atoms with Gasteiger partial charge in [0.15, 0.2) is 0 Å². The maximum absolute atomic E-state index is 5.57.